The standard InChI is InChI=1S/C27H35N5O3/c1-19-12-13-22(20(2)16-19)32-24(17-23(30-32)27(3,4)5)29-25(33)18-31(14-15-35-6)26(34)28-21-10-8-7-9-11-21/h7-13,16-17H,14-15,18H2,1-6H3,(H,28,34)(H,29,33). The monoisotopic (exact) mass is 477 g/mol. The Bertz CT molecular complexity index is 1170. The van der Waals surface area contributed by atoms with Gasteiger partial charge in [0, 0.05) is 30.8 Å². The topological polar surface area (TPSA) is 88.5 Å². The van der Waals surface area contributed by atoms with E-state index in [1.165, 1.54) is 4.90 Å². The van der Waals surface area contributed by atoms with E-state index in [-0.39, 0.29) is 30.4 Å². The Labute approximate surface area is 207 Å². The summed E-state index contributed by atoms with van der Waals surface area (Å²) in [6.45, 7) is 10.7. The number of anilines is 2. The van der Waals surface area contributed by atoms with Crippen LogP contribution < -0.4 is 10.6 Å². The summed E-state index contributed by atoms with van der Waals surface area (Å²) in [5.74, 6) is 0.234. The summed E-state index contributed by atoms with van der Waals surface area (Å²) >= 11 is 0. The maximum absolute atomic E-state index is 13.1. The lowest BCUT2D eigenvalue weighted by Crippen LogP contribution is -2.42. The summed E-state index contributed by atoms with van der Waals surface area (Å²) in [5, 5.41) is 10.6. The lowest BCUT2D eigenvalue weighted by atomic mass is 9.92. The number of nitrogens with one attached hydrogen (secondary N) is 2. The van der Waals surface area contributed by atoms with Crippen molar-refractivity contribution in [2.75, 3.05) is 37.4 Å². The zero-order chi connectivity index (χ0) is 25.6. The Hall–Kier alpha value is -3.65. The molecule has 0 spiro atoms. The number of hydrogen-bond acceptors (Lipinski definition) is 4. The molecule has 8 heteroatoms. The second-order valence-electron chi connectivity index (χ2n) is 9.63. The molecule has 3 rings (SSSR count). The van der Waals surface area contributed by atoms with Crippen LogP contribution >= 0.6 is 0 Å². The summed E-state index contributed by atoms with van der Waals surface area (Å²) in [7, 11) is 1.56. The van der Waals surface area contributed by atoms with Crippen molar-refractivity contribution in [1.82, 2.24) is 14.7 Å². The number of para-hydroxylation sites is 1. The first kappa shape index (κ1) is 26.0. The Morgan fingerprint density at radius 2 is 1.74 bits per heavy atom. The summed E-state index contributed by atoms with van der Waals surface area (Å²) in [5.41, 5.74) is 4.39. The highest BCUT2D eigenvalue weighted by Gasteiger charge is 2.23. The van der Waals surface area contributed by atoms with Crippen LogP contribution in [-0.4, -0.2) is 53.4 Å². The van der Waals surface area contributed by atoms with E-state index in [0.717, 1.165) is 22.5 Å². The molecule has 0 aliphatic heterocycles. The van der Waals surface area contributed by atoms with Gasteiger partial charge in [0.05, 0.1) is 18.0 Å². The third-order valence-corrected chi connectivity index (χ3v) is 5.54. The summed E-state index contributed by atoms with van der Waals surface area (Å²) in [6.07, 6.45) is 0. The molecule has 0 aliphatic rings. The van der Waals surface area contributed by atoms with Crippen molar-refractivity contribution in [3.63, 3.8) is 0 Å². The molecule has 2 N–H and O–H groups in total. The molecule has 0 bridgehead atoms. The fourth-order valence-electron chi connectivity index (χ4n) is 3.60. The number of aromatic nitrogens is 2. The number of carbonyl (C=O) groups excluding carboxylic acids is 2. The average Bonchev–Trinajstić information content (AvgIpc) is 3.21. The van der Waals surface area contributed by atoms with E-state index < -0.39 is 0 Å². The summed E-state index contributed by atoms with van der Waals surface area (Å²) < 4.78 is 6.91. The fraction of sp³-hybridized carbons (Fsp3) is 0.370. The summed E-state index contributed by atoms with van der Waals surface area (Å²) in [4.78, 5) is 27.4. The minimum Gasteiger partial charge on any atom is -0.383 e. The predicted molar refractivity (Wildman–Crippen MR) is 139 cm³/mol. The number of benzene rings is 2. The highest BCUT2D eigenvalue weighted by atomic mass is 16.5. The molecule has 1 heterocycles. The van der Waals surface area contributed by atoms with Gasteiger partial charge in [-0.15, -0.1) is 0 Å². The fourth-order valence-corrected chi connectivity index (χ4v) is 3.60. The second kappa shape index (κ2) is 11.2. The van der Waals surface area contributed by atoms with Gasteiger partial charge >= 0.3 is 6.03 Å². The number of aryl methyl sites for hydroxylation is 2. The van der Waals surface area contributed by atoms with Gasteiger partial charge in [-0.3, -0.25) is 4.79 Å². The zero-order valence-corrected chi connectivity index (χ0v) is 21.4. The van der Waals surface area contributed by atoms with Crippen LogP contribution in [0.5, 0.6) is 0 Å². The van der Waals surface area contributed by atoms with E-state index in [2.05, 4.69) is 37.5 Å². The summed E-state index contributed by atoms with van der Waals surface area (Å²) in [6, 6.07) is 16.8. The molecule has 1 aromatic heterocycles. The van der Waals surface area contributed by atoms with Crippen molar-refractivity contribution >= 4 is 23.4 Å². The van der Waals surface area contributed by atoms with Crippen molar-refractivity contribution < 1.29 is 14.3 Å². The first-order chi connectivity index (χ1) is 16.6. The molecule has 8 nitrogen and oxygen atoms in total. The van der Waals surface area contributed by atoms with Crippen LogP contribution in [-0.2, 0) is 14.9 Å². The van der Waals surface area contributed by atoms with E-state index in [1.54, 1.807) is 23.9 Å². The van der Waals surface area contributed by atoms with Gasteiger partial charge in [-0.25, -0.2) is 9.48 Å². The van der Waals surface area contributed by atoms with Crippen LogP contribution in [0.1, 0.15) is 37.6 Å². The van der Waals surface area contributed by atoms with Crippen molar-refractivity contribution in [2.24, 2.45) is 0 Å². The molecular weight excluding hydrogens is 442 g/mol. The van der Waals surface area contributed by atoms with Gasteiger partial charge in [0.1, 0.15) is 12.4 Å². The number of carbonyl (C=O) groups is 2. The molecule has 186 valence electrons. The van der Waals surface area contributed by atoms with E-state index >= 15 is 0 Å². The molecule has 0 saturated heterocycles. The van der Waals surface area contributed by atoms with Gasteiger partial charge in [-0.2, -0.15) is 5.10 Å². The molecule has 0 unspecified atom stereocenters. The first-order valence-electron chi connectivity index (χ1n) is 11.7. The van der Waals surface area contributed by atoms with Crippen molar-refractivity contribution in [3.8, 4) is 5.69 Å². The number of amides is 3. The van der Waals surface area contributed by atoms with E-state index in [0.29, 0.717) is 18.1 Å². The number of ether oxygens (including phenoxy) is 1. The minimum atomic E-state index is -0.373. The van der Waals surface area contributed by atoms with Crippen molar-refractivity contribution in [1.29, 1.82) is 0 Å². The first-order valence-corrected chi connectivity index (χ1v) is 11.7. The normalized spacial score (nSPS) is 11.3. The number of nitrogens with zero attached hydrogens (tertiary/aromatic N) is 3. The average molecular weight is 478 g/mol. The smallest absolute Gasteiger partial charge is 0.322 e. The van der Waals surface area contributed by atoms with Crippen LogP contribution in [0, 0.1) is 13.8 Å². The van der Waals surface area contributed by atoms with Crippen LogP contribution in [0.3, 0.4) is 0 Å². The van der Waals surface area contributed by atoms with E-state index in [9.17, 15) is 9.59 Å². The lowest BCUT2D eigenvalue weighted by molar-refractivity contribution is -0.116. The number of methoxy groups -OCH3 is 1. The van der Waals surface area contributed by atoms with Gasteiger partial charge < -0.3 is 20.3 Å². The molecule has 3 aromatic rings. The SMILES string of the molecule is COCCN(CC(=O)Nc1cc(C(C)(C)C)nn1-c1ccc(C)cc1C)C(=O)Nc1ccccc1. The Balaban J connectivity index is 1.83. The van der Waals surface area contributed by atoms with Crippen molar-refractivity contribution in [2.45, 2.75) is 40.0 Å². The largest absolute Gasteiger partial charge is 0.383 e. The molecule has 0 saturated carbocycles. The van der Waals surface area contributed by atoms with Gasteiger partial charge in [0.25, 0.3) is 0 Å². The molecule has 0 atom stereocenters. The molecule has 2 aromatic carbocycles. The van der Waals surface area contributed by atoms with Gasteiger partial charge in [0.15, 0.2) is 0 Å². The maximum atomic E-state index is 13.1. The van der Waals surface area contributed by atoms with Crippen LogP contribution in [0.4, 0.5) is 16.3 Å². The minimum absolute atomic E-state index is 0.134. The molecule has 0 fully saturated rings. The Morgan fingerprint density at radius 3 is 2.37 bits per heavy atom. The van der Waals surface area contributed by atoms with Gasteiger partial charge in [-0.1, -0.05) is 56.7 Å². The second-order valence-corrected chi connectivity index (χ2v) is 9.63. The van der Waals surface area contributed by atoms with Crippen molar-refractivity contribution in [3.05, 3.63) is 71.4 Å². The van der Waals surface area contributed by atoms with E-state index in [1.807, 2.05) is 50.2 Å². The number of urea groups is 1. The molecule has 0 radical (unpaired) electrons. The van der Waals surface area contributed by atoms with Crippen LogP contribution in [0.2, 0.25) is 0 Å². The highest BCUT2D eigenvalue weighted by Crippen LogP contribution is 2.27. The highest BCUT2D eigenvalue weighted by molar-refractivity contribution is 5.96. The molecular formula is C27H35N5O3. The number of rotatable bonds is 8. The van der Waals surface area contributed by atoms with Crippen LogP contribution in [0.15, 0.2) is 54.6 Å². The number of hydrogen-bond donors (Lipinski definition) is 2. The Kier molecular flexibility index (Phi) is 8.30. The zero-order valence-electron chi connectivity index (χ0n) is 21.4. The quantitative estimate of drug-likeness (QED) is 0.483. The molecule has 3 amide bonds. The van der Waals surface area contributed by atoms with Gasteiger partial charge in [-0.05, 0) is 37.6 Å². The predicted octanol–water partition coefficient (Wildman–Crippen LogP) is 4.91. The Morgan fingerprint density at radius 1 is 1.03 bits per heavy atom. The molecule has 35 heavy (non-hydrogen) atoms. The lowest BCUT2D eigenvalue weighted by Gasteiger charge is -2.22. The molecule has 0 aliphatic carbocycles. The maximum Gasteiger partial charge on any atom is 0.322 e. The van der Waals surface area contributed by atoms with Crippen LogP contribution in [0.25, 0.3) is 5.69 Å². The van der Waals surface area contributed by atoms with Gasteiger partial charge in [0.2, 0.25) is 5.91 Å². The van der Waals surface area contributed by atoms with E-state index in [4.69, 9.17) is 9.84 Å². The third kappa shape index (κ3) is 6.93. The third-order valence-electron chi connectivity index (χ3n) is 5.54.